The summed E-state index contributed by atoms with van der Waals surface area (Å²) in [5, 5.41) is 10.9. The molecule has 144 valence electrons. The fraction of sp³-hybridized carbons (Fsp3) is 0.0833. The summed E-state index contributed by atoms with van der Waals surface area (Å²) in [7, 11) is 0. The Kier molecular flexibility index (Phi) is 4.96. The summed E-state index contributed by atoms with van der Waals surface area (Å²) in [6.07, 6.45) is 0. The van der Waals surface area contributed by atoms with Crippen LogP contribution in [0.5, 0.6) is 0 Å². The smallest absolute Gasteiger partial charge is 0.295 e. The minimum atomic E-state index is -0.809. The first-order valence-electron chi connectivity index (χ1n) is 9.19. The van der Waals surface area contributed by atoms with Gasteiger partial charge in [0, 0.05) is 12.1 Å². The van der Waals surface area contributed by atoms with E-state index in [1.807, 2.05) is 30.3 Å². The van der Waals surface area contributed by atoms with Gasteiger partial charge in [-0.05, 0) is 23.3 Å². The third-order valence-electron chi connectivity index (χ3n) is 4.97. The number of amides is 1. The lowest BCUT2D eigenvalue weighted by atomic mass is 9.95. The first-order chi connectivity index (χ1) is 14.1. The van der Waals surface area contributed by atoms with Crippen molar-refractivity contribution in [2.45, 2.75) is 12.6 Å². The lowest BCUT2D eigenvalue weighted by Gasteiger charge is -2.25. The Labute approximate surface area is 167 Å². The maximum atomic E-state index is 13.5. The van der Waals surface area contributed by atoms with Gasteiger partial charge in [0.1, 0.15) is 11.6 Å². The van der Waals surface area contributed by atoms with Crippen LogP contribution in [0.25, 0.3) is 5.76 Å². The number of benzene rings is 3. The topological polar surface area (TPSA) is 57.6 Å². The van der Waals surface area contributed by atoms with Crippen LogP contribution < -0.4 is 0 Å². The fourth-order valence-electron chi connectivity index (χ4n) is 3.57. The number of hydrogen-bond acceptors (Lipinski definition) is 3. The number of Topliss-reactive ketones (excluding diaryl/α,β-unsaturated/α-hetero) is 1. The number of carbonyl (C=O) groups is 2. The van der Waals surface area contributed by atoms with Gasteiger partial charge >= 0.3 is 0 Å². The number of aliphatic hydroxyl groups is 1. The molecular weight excluding hydrogens is 369 g/mol. The molecule has 5 heteroatoms. The van der Waals surface area contributed by atoms with Crippen molar-refractivity contribution < 1.29 is 19.1 Å². The number of hydrogen-bond donors (Lipinski definition) is 1. The molecule has 1 aliphatic rings. The Morgan fingerprint density at radius 2 is 1.45 bits per heavy atom. The molecular formula is C24H18FNO3. The molecule has 1 saturated heterocycles. The molecule has 29 heavy (non-hydrogen) atoms. The van der Waals surface area contributed by atoms with Gasteiger partial charge < -0.3 is 10.0 Å². The van der Waals surface area contributed by atoms with Crippen molar-refractivity contribution in [3.63, 3.8) is 0 Å². The molecule has 1 aliphatic heterocycles. The van der Waals surface area contributed by atoms with Crippen molar-refractivity contribution >= 4 is 17.4 Å². The average Bonchev–Trinajstić information content (AvgIpc) is 3.00. The zero-order valence-corrected chi connectivity index (χ0v) is 15.5. The lowest BCUT2D eigenvalue weighted by molar-refractivity contribution is -0.140. The van der Waals surface area contributed by atoms with E-state index in [9.17, 15) is 19.1 Å². The quantitative estimate of drug-likeness (QED) is 0.409. The van der Waals surface area contributed by atoms with Crippen LogP contribution in [0.3, 0.4) is 0 Å². The van der Waals surface area contributed by atoms with Crippen LogP contribution in [-0.2, 0) is 16.1 Å². The molecule has 1 unspecified atom stereocenters. The molecule has 4 nitrogen and oxygen atoms in total. The van der Waals surface area contributed by atoms with Gasteiger partial charge in [-0.2, -0.15) is 0 Å². The standard InChI is InChI=1S/C24H18FNO3/c25-19-13-11-17(12-14-19)21-20(22(27)18-9-5-2-6-10-18)23(28)24(29)26(21)15-16-7-3-1-4-8-16/h1-14,21,27H,15H2. The van der Waals surface area contributed by atoms with Crippen molar-refractivity contribution in [1.29, 1.82) is 0 Å². The second-order valence-electron chi connectivity index (χ2n) is 6.83. The highest BCUT2D eigenvalue weighted by molar-refractivity contribution is 6.46. The predicted molar refractivity (Wildman–Crippen MR) is 107 cm³/mol. The number of nitrogens with zero attached hydrogens (tertiary/aromatic N) is 1. The first-order valence-corrected chi connectivity index (χ1v) is 9.19. The van der Waals surface area contributed by atoms with Gasteiger partial charge in [-0.25, -0.2) is 4.39 Å². The van der Waals surface area contributed by atoms with Crippen LogP contribution in [0.2, 0.25) is 0 Å². The molecule has 1 amide bonds. The van der Waals surface area contributed by atoms with E-state index in [1.54, 1.807) is 30.3 Å². The molecule has 0 aromatic heterocycles. The third kappa shape index (κ3) is 3.55. The summed E-state index contributed by atoms with van der Waals surface area (Å²) >= 11 is 0. The molecule has 3 aromatic rings. The lowest BCUT2D eigenvalue weighted by Crippen LogP contribution is -2.29. The van der Waals surface area contributed by atoms with Crippen LogP contribution >= 0.6 is 0 Å². The van der Waals surface area contributed by atoms with Crippen LogP contribution in [0.1, 0.15) is 22.7 Å². The van der Waals surface area contributed by atoms with E-state index >= 15 is 0 Å². The maximum Gasteiger partial charge on any atom is 0.295 e. The van der Waals surface area contributed by atoms with Crippen LogP contribution in [0, 0.1) is 5.82 Å². The van der Waals surface area contributed by atoms with Gasteiger partial charge in [0.25, 0.3) is 11.7 Å². The molecule has 0 radical (unpaired) electrons. The Balaban J connectivity index is 1.86. The Hall–Kier alpha value is -3.73. The van der Waals surface area contributed by atoms with Crippen LogP contribution in [-0.4, -0.2) is 21.7 Å². The third-order valence-corrected chi connectivity index (χ3v) is 4.97. The molecule has 1 heterocycles. The summed E-state index contributed by atoms with van der Waals surface area (Å²) in [5.74, 6) is -2.11. The second kappa shape index (κ2) is 7.72. The largest absolute Gasteiger partial charge is 0.507 e. The number of halogens is 1. The normalized spacial score (nSPS) is 18.2. The van der Waals surface area contributed by atoms with Gasteiger partial charge in [0.2, 0.25) is 0 Å². The van der Waals surface area contributed by atoms with Crippen molar-refractivity contribution in [2.24, 2.45) is 0 Å². The van der Waals surface area contributed by atoms with Crippen LogP contribution in [0.4, 0.5) is 4.39 Å². The zero-order chi connectivity index (χ0) is 20.4. The highest BCUT2D eigenvalue weighted by Gasteiger charge is 2.46. The van der Waals surface area contributed by atoms with Crippen molar-refractivity contribution in [1.82, 2.24) is 4.90 Å². The SMILES string of the molecule is O=C1C(=O)N(Cc2ccccc2)C(c2ccc(F)cc2)C1=C(O)c1ccccc1. The first kappa shape index (κ1) is 18.6. The molecule has 1 N–H and O–H groups in total. The van der Waals surface area contributed by atoms with Crippen molar-refractivity contribution in [3.05, 3.63) is 113 Å². The zero-order valence-electron chi connectivity index (χ0n) is 15.5. The van der Waals surface area contributed by atoms with E-state index in [1.165, 1.54) is 29.2 Å². The van der Waals surface area contributed by atoms with E-state index < -0.39 is 23.5 Å². The molecule has 3 aromatic carbocycles. The summed E-state index contributed by atoms with van der Waals surface area (Å²) < 4.78 is 13.5. The molecule has 0 saturated carbocycles. The molecule has 4 rings (SSSR count). The monoisotopic (exact) mass is 387 g/mol. The fourth-order valence-corrected chi connectivity index (χ4v) is 3.57. The minimum absolute atomic E-state index is 0.00346. The van der Waals surface area contributed by atoms with E-state index in [2.05, 4.69) is 0 Å². The Morgan fingerprint density at radius 3 is 2.07 bits per heavy atom. The Morgan fingerprint density at radius 1 is 0.862 bits per heavy atom. The van der Waals surface area contributed by atoms with Gasteiger partial charge in [0.05, 0.1) is 11.6 Å². The minimum Gasteiger partial charge on any atom is -0.507 e. The molecule has 1 atom stereocenters. The predicted octanol–water partition coefficient (Wildman–Crippen LogP) is 4.45. The molecule has 0 aliphatic carbocycles. The number of carbonyl (C=O) groups excluding carboxylic acids is 2. The highest BCUT2D eigenvalue weighted by atomic mass is 19.1. The van der Waals surface area contributed by atoms with Gasteiger partial charge in [0.15, 0.2) is 0 Å². The summed E-state index contributed by atoms with van der Waals surface area (Å²) in [5.41, 5.74) is 1.85. The molecule has 0 bridgehead atoms. The highest BCUT2D eigenvalue weighted by Crippen LogP contribution is 2.40. The summed E-state index contributed by atoms with van der Waals surface area (Å²) in [6, 6.07) is 22.7. The Bertz CT molecular complexity index is 1080. The average molecular weight is 387 g/mol. The van der Waals surface area contributed by atoms with Crippen molar-refractivity contribution in [2.75, 3.05) is 0 Å². The van der Waals surface area contributed by atoms with Gasteiger partial charge in [-0.15, -0.1) is 0 Å². The van der Waals surface area contributed by atoms with E-state index in [0.29, 0.717) is 11.1 Å². The number of aliphatic hydroxyl groups excluding tert-OH is 1. The number of rotatable bonds is 4. The second-order valence-corrected chi connectivity index (χ2v) is 6.83. The molecule has 0 spiro atoms. The van der Waals surface area contributed by atoms with Gasteiger partial charge in [-0.3, -0.25) is 9.59 Å². The number of ketones is 1. The number of likely N-dealkylation sites (tertiary alicyclic amines) is 1. The maximum absolute atomic E-state index is 13.5. The van der Waals surface area contributed by atoms with E-state index in [-0.39, 0.29) is 17.9 Å². The molecule has 1 fully saturated rings. The van der Waals surface area contributed by atoms with Crippen LogP contribution in [0.15, 0.2) is 90.5 Å². The van der Waals surface area contributed by atoms with Gasteiger partial charge in [-0.1, -0.05) is 72.8 Å². The van der Waals surface area contributed by atoms with Crippen molar-refractivity contribution in [3.8, 4) is 0 Å². The van der Waals surface area contributed by atoms with E-state index in [0.717, 1.165) is 5.56 Å². The van der Waals surface area contributed by atoms with E-state index in [4.69, 9.17) is 0 Å². The summed E-state index contributed by atoms with van der Waals surface area (Å²) in [6.45, 7) is 0.193. The summed E-state index contributed by atoms with van der Waals surface area (Å²) in [4.78, 5) is 27.2.